The van der Waals surface area contributed by atoms with Crippen molar-refractivity contribution >= 4 is 16.9 Å². The molecule has 4 atom stereocenters. The van der Waals surface area contributed by atoms with Gasteiger partial charge in [0, 0.05) is 23.5 Å². The Morgan fingerprint density at radius 2 is 1.94 bits per heavy atom. The van der Waals surface area contributed by atoms with Gasteiger partial charge in [-0.25, -0.2) is 0 Å². The zero-order valence-electron chi connectivity index (χ0n) is 19.1. The first-order valence-corrected chi connectivity index (χ1v) is 11.1. The summed E-state index contributed by atoms with van der Waals surface area (Å²) in [5, 5.41) is 11.4. The molecular weight excluding hydrogens is 406 g/mol. The van der Waals surface area contributed by atoms with Crippen molar-refractivity contribution in [2.75, 3.05) is 20.3 Å². The maximum atomic E-state index is 12.1. The summed E-state index contributed by atoms with van der Waals surface area (Å²) in [5.41, 5.74) is 3.04. The molecule has 0 radical (unpaired) electrons. The van der Waals surface area contributed by atoms with Gasteiger partial charge in [0.2, 0.25) is 0 Å². The number of aliphatic hydroxyl groups is 1. The van der Waals surface area contributed by atoms with Gasteiger partial charge in [-0.3, -0.25) is 4.79 Å². The summed E-state index contributed by atoms with van der Waals surface area (Å²) in [6.45, 7) is 4.17. The molecule has 6 nitrogen and oxygen atoms in total. The Hall–Kier alpha value is -2.99. The van der Waals surface area contributed by atoms with Gasteiger partial charge in [0.1, 0.15) is 30.8 Å². The minimum atomic E-state index is -0.894. The van der Waals surface area contributed by atoms with Crippen LogP contribution in [0.4, 0.5) is 0 Å². The summed E-state index contributed by atoms with van der Waals surface area (Å²) in [6, 6.07) is 15.9. The molecule has 3 aromatic rings. The number of hydrogen-bond donors (Lipinski definition) is 1. The lowest BCUT2D eigenvalue weighted by Gasteiger charge is -2.38. The lowest BCUT2D eigenvalue weighted by Crippen LogP contribution is -2.40. The van der Waals surface area contributed by atoms with Gasteiger partial charge in [0.05, 0.1) is 18.7 Å². The summed E-state index contributed by atoms with van der Waals surface area (Å²) in [5.74, 6) is 1.95. The van der Waals surface area contributed by atoms with Crippen molar-refractivity contribution in [2.24, 2.45) is 24.8 Å². The molecule has 1 heterocycles. The molecule has 2 aromatic carbocycles. The summed E-state index contributed by atoms with van der Waals surface area (Å²) < 4.78 is 18.8. The number of carbonyl (C=O) groups is 1. The number of ether oxygens (including phenoxy) is 3. The molecule has 1 saturated carbocycles. The first-order chi connectivity index (χ1) is 15.4. The SMILES string of the molecule is COc1ccc(OCC(O)COC(=O)C2CC(C)C2C)cc1-c1cc2ccccc2n1C. The molecule has 4 unspecified atom stereocenters. The largest absolute Gasteiger partial charge is 0.496 e. The van der Waals surface area contributed by atoms with Gasteiger partial charge >= 0.3 is 5.97 Å². The smallest absolute Gasteiger partial charge is 0.309 e. The summed E-state index contributed by atoms with van der Waals surface area (Å²) in [4.78, 5) is 12.1. The Morgan fingerprint density at radius 3 is 2.62 bits per heavy atom. The number of aromatic nitrogens is 1. The van der Waals surface area contributed by atoms with Crippen LogP contribution in [0.3, 0.4) is 0 Å². The van der Waals surface area contributed by atoms with E-state index in [1.165, 1.54) is 0 Å². The summed E-state index contributed by atoms with van der Waals surface area (Å²) >= 11 is 0. The van der Waals surface area contributed by atoms with Gasteiger partial charge in [-0.05, 0) is 48.6 Å². The predicted octanol–water partition coefficient (Wildman–Crippen LogP) is 4.43. The monoisotopic (exact) mass is 437 g/mol. The second-order valence-corrected chi connectivity index (χ2v) is 8.78. The summed E-state index contributed by atoms with van der Waals surface area (Å²) in [6.07, 6.45) is -0.0370. The molecule has 1 aliphatic carbocycles. The van der Waals surface area contributed by atoms with Crippen molar-refractivity contribution in [1.29, 1.82) is 0 Å². The first-order valence-electron chi connectivity index (χ1n) is 11.1. The number of para-hydroxylation sites is 1. The maximum Gasteiger partial charge on any atom is 0.309 e. The number of aryl methyl sites for hydroxylation is 1. The van der Waals surface area contributed by atoms with Crippen LogP contribution in [0.25, 0.3) is 22.2 Å². The molecule has 170 valence electrons. The lowest BCUT2D eigenvalue weighted by molar-refractivity contribution is -0.160. The fourth-order valence-corrected chi connectivity index (χ4v) is 4.39. The van der Waals surface area contributed by atoms with E-state index >= 15 is 0 Å². The normalized spacial score (nSPS) is 21.1. The van der Waals surface area contributed by atoms with Gasteiger partial charge in [-0.1, -0.05) is 32.0 Å². The fourth-order valence-electron chi connectivity index (χ4n) is 4.39. The molecule has 0 saturated heterocycles. The van der Waals surface area contributed by atoms with Crippen LogP contribution in [-0.4, -0.2) is 42.1 Å². The van der Waals surface area contributed by atoms with E-state index in [0.29, 0.717) is 17.6 Å². The highest BCUT2D eigenvalue weighted by atomic mass is 16.5. The number of benzene rings is 2. The molecule has 1 fully saturated rings. The highest BCUT2D eigenvalue weighted by Crippen LogP contribution is 2.40. The van der Waals surface area contributed by atoms with Crippen molar-refractivity contribution < 1.29 is 24.1 Å². The second-order valence-electron chi connectivity index (χ2n) is 8.78. The fraction of sp³-hybridized carbons (Fsp3) is 0.423. The van der Waals surface area contributed by atoms with Gasteiger partial charge in [-0.2, -0.15) is 0 Å². The number of methoxy groups -OCH3 is 1. The van der Waals surface area contributed by atoms with Crippen LogP contribution in [-0.2, 0) is 16.6 Å². The van der Waals surface area contributed by atoms with Crippen molar-refractivity contribution in [2.45, 2.75) is 26.4 Å². The van der Waals surface area contributed by atoms with E-state index in [1.54, 1.807) is 13.2 Å². The molecule has 6 heteroatoms. The van der Waals surface area contributed by atoms with Crippen LogP contribution in [0.5, 0.6) is 11.5 Å². The van der Waals surface area contributed by atoms with Crippen LogP contribution >= 0.6 is 0 Å². The molecule has 32 heavy (non-hydrogen) atoms. The Kier molecular flexibility index (Phi) is 6.42. The topological polar surface area (TPSA) is 69.9 Å². The van der Waals surface area contributed by atoms with Gasteiger partial charge < -0.3 is 23.9 Å². The Bertz CT molecular complexity index is 1100. The third-order valence-electron chi connectivity index (χ3n) is 6.72. The van der Waals surface area contributed by atoms with Crippen molar-refractivity contribution in [3.05, 3.63) is 48.5 Å². The third kappa shape index (κ3) is 4.32. The number of nitrogens with zero attached hydrogens (tertiary/aromatic N) is 1. The maximum absolute atomic E-state index is 12.1. The number of rotatable bonds is 8. The minimum absolute atomic E-state index is 0.0325. The molecule has 1 aliphatic rings. The van der Waals surface area contributed by atoms with Gasteiger partial charge in [-0.15, -0.1) is 0 Å². The molecule has 4 rings (SSSR count). The molecular formula is C26H31NO5. The number of carbonyl (C=O) groups excluding carboxylic acids is 1. The molecule has 0 amide bonds. The standard InChI is InChI=1S/C26H31NO5/c1-16-11-21(17(16)2)26(29)32-15-19(28)14-31-20-9-10-25(30-4)22(13-20)24-12-18-7-5-6-8-23(18)27(24)3/h5-10,12-13,16-17,19,21,28H,11,14-15H2,1-4H3. The van der Waals surface area contributed by atoms with E-state index in [1.807, 2.05) is 31.3 Å². The number of esters is 1. The Morgan fingerprint density at radius 1 is 1.16 bits per heavy atom. The van der Waals surface area contributed by atoms with Crippen LogP contribution in [0.1, 0.15) is 20.3 Å². The van der Waals surface area contributed by atoms with E-state index in [2.05, 4.69) is 36.6 Å². The predicted molar refractivity (Wildman–Crippen MR) is 124 cm³/mol. The van der Waals surface area contributed by atoms with Crippen molar-refractivity contribution in [1.82, 2.24) is 4.57 Å². The lowest BCUT2D eigenvalue weighted by atomic mass is 9.67. The van der Waals surface area contributed by atoms with Crippen LogP contribution in [0.15, 0.2) is 48.5 Å². The third-order valence-corrected chi connectivity index (χ3v) is 6.72. The van der Waals surface area contributed by atoms with Crippen LogP contribution in [0, 0.1) is 17.8 Å². The average Bonchev–Trinajstić information content (AvgIpc) is 3.15. The Labute approximate surface area is 188 Å². The number of fused-ring (bicyclic) bond motifs is 1. The highest BCUT2D eigenvalue weighted by molar-refractivity contribution is 5.88. The first kappa shape index (κ1) is 22.2. The van der Waals surface area contributed by atoms with Gasteiger partial charge in [0.25, 0.3) is 0 Å². The zero-order valence-corrected chi connectivity index (χ0v) is 19.1. The molecule has 1 aromatic heterocycles. The van der Waals surface area contributed by atoms with E-state index in [9.17, 15) is 9.90 Å². The number of hydrogen-bond acceptors (Lipinski definition) is 5. The van der Waals surface area contributed by atoms with E-state index in [-0.39, 0.29) is 25.1 Å². The van der Waals surface area contributed by atoms with Crippen LogP contribution in [0.2, 0.25) is 0 Å². The summed E-state index contributed by atoms with van der Waals surface area (Å²) in [7, 11) is 3.66. The Balaban J connectivity index is 1.41. The van der Waals surface area contributed by atoms with Crippen molar-refractivity contribution in [3.8, 4) is 22.8 Å². The second kappa shape index (κ2) is 9.25. The molecule has 0 spiro atoms. The van der Waals surface area contributed by atoms with E-state index in [4.69, 9.17) is 14.2 Å². The molecule has 0 aliphatic heterocycles. The van der Waals surface area contributed by atoms with E-state index < -0.39 is 6.10 Å². The van der Waals surface area contributed by atoms with E-state index in [0.717, 1.165) is 34.3 Å². The van der Waals surface area contributed by atoms with Crippen molar-refractivity contribution in [3.63, 3.8) is 0 Å². The highest BCUT2D eigenvalue weighted by Gasteiger charge is 2.40. The number of aliphatic hydroxyl groups excluding tert-OH is 1. The van der Waals surface area contributed by atoms with Crippen LogP contribution < -0.4 is 9.47 Å². The molecule has 1 N–H and O–H groups in total. The molecule has 0 bridgehead atoms. The average molecular weight is 438 g/mol. The van der Waals surface area contributed by atoms with Gasteiger partial charge in [0.15, 0.2) is 0 Å². The zero-order chi connectivity index (χ0) is 22.8. The minimum Gasteiger partial charge on any atom is -0.496 e. The quantitative estimate of drug-likeness (QED) is 0.528.